The quantitative estimate of drug-likeness (QED) is 0.435. The molecule has 1 aromatic heterocycles. The zero-order chi connectivity index (χ0) is 24.8. The second-order valence-electron chi connectivity index (χ2n) is 9.93. The molecule has 1 aliphatic rings. The Balaban J connectivity index is 1.74. The van der Waals surface area contributed by atoms with E-state index in [-0.39, 0.29) is 5.91 Å². The first-order chi connectivity index (χ1) is 16.7. The molecule has 0 spiro atoms. The minimum Gasteiger partial charge on any atom is -0.444 e. The van der Waals surface area contributed by atoms with E-state index in [1.807, 2.05) is 93.7 Å². The van der Waals surface area contributed by atoms with Gasteiger partial charge in [0.1, 0.15) is 5.60 Å². The lowest BCUT2D eigenvalue weighted by Crippen LogP contribution is -2.54. The standard InChI is InChI=1S/C29H29N3O3/c1-28(2,3)35-27(34)30-29(22-15-9-11-17-25(22)31(4)26(29)33)23-19-32(18-20-12-6-5-7-13-20)24-16-10-8-14-21(23)24/h5-17,19H,18H2,1-4H3,(H,30,34)/t29-/m1/s1. The minimum absolute atomic E-state index is 0.229. The minimum atomic E-state index is -1.42. The first-order valence-electron chi connectivity index (χ1n) is 11.7. The first kappa shape index (κ1) is 22.7. The number of rotatable bonds is 4. The number of aromatic nitrogens is 1. The number of carbonyl (C=O) groups excluding carboxylic acids is 2. The molecule has 4 aromatic rings. The van der Waals surface area contributed by atoms with Crippen molar-refractivity contribution in [1.29, 1.82) is 0 Å². The monoisotopic (exact) mass is 467 g/mol. The van der Waals surface area contributed by atoms with E-state index >= 15 is 0 Å². The highest BCUT2D eigenvalue weighted by molar-refractivity contribution is 6.13. The van der Waals surface area contributed by atoms with Crippen LogP contribution in [-0.4, -0.2) is 29.2 Å². The van der Waals surface area contributed by atoms with Gasteiger partial charge in [-0.2, -0.15) is 0 Å². The normalized spacial score (nSPS) is 17.5. The van der Waals surface area contributed by atoms with E-state index in [0.717, 1.165) is 33.3 Å². The van der Waals surface area contributed by atoms with E-state index in [1.165, 1.54) is 0 Å². The zero-order valence-corrected chi connectivity index (χ0v) is 20.4. The van der Waals surface area contributed by atoms with Crippen LogP contribution in [-0.2, 0) is 21.6 Å². The van der Waals surface area contributed by atoms with Crippen molar-refractivity contribution >= 4 is 28.6 Å². The molecule has 1 atom stereocenters. The zero-order valence-electron chi connectivity index (χ0n) is 20.4. The maximum absolute atomic E-state index is 14.0. The summed E-state index contributed by atoms with van der Waals surface area (Å²) in [6, 6.07) is 25.7. The summed E-state index contributed by atoms with van der Waals surface area (Å²) in [5.74, 6) is -0.229. The number of benzene rings is 3. The number of likely N-dealkylation sites (N-methyl/N-ethyl adjacent to an activating group) is 1. The number of para-hydroxylation sites is 2. The van der Waals surface area contributed by atoms with Crippen LogP contribution >= 0.6 is 0 Å². The summed E-state index contributed by atoms with van der Waals surface area (Å²) in [5, 5.41) is 3.91. The van der Waals surface area contributed by atoms with Crippen LogP contribution in [0.2, 0.25) is 0 Å². The summed E-state index contributed by atoms with van der Waals surface area (Å²) in [7, 11) is 1.74. The molecule has 6 heteroatoms. The van der Waals surface area contributed by atoms with Crippen molar-refractivity contribution < 1.29 is 14.3 Å². The molecule has 2 heterocycles. The summed E-state index contributed by atoms with van der Waals surface area (Å²) in [6.45, 7) is 6.06. The molecular weight excluding hydrogens is 438 g/mol. The van der Waals surface area contributed by atoms with Gasteiger partial charge in [0, 0.05) is 47.5 Å². The third-order valence-electron chi connectivity index (χ3n) is 6.37. The Morgan fingerprint density at radius 2 is 1.57 bits per heavy atom. The van der Waals surface area contributed by atoms with Crippen LogP contribution in [0.3, 0.4) is 0 Å². The number of anilines is 1. The smallest absolute Gasteiger partial charge is 0.409 e. The van der Waals surface area contributed by atoms with Gasteiger partial charge in [-0.3, -0.25) is 10.1 Å². The molecule has 35 heavy (non-hydrogen) atoms. The largest absolute Gasteiger partial charge is 0.444 e. The SMILES string of the molecule is CN1C(=O)[C@](NC(=O)OC(C)(C)C)(c2cn(Cc3ccccc3)c3ccccc23)c2ccccc21. The fourth-order valence-corrected chi connectivity index (χ4v) is 4.92. The Kier molecular flexibility index (Phi) is 5.39. The Labute approximate surface area is 205 Å². The summed E-state index contributed by atoms with van der Waals surface area (Å²) in [6.07, 6.45) is 1.35. The van der Waals surface area contributed by atoms with E-state index in [1.54, 1.807) is 11.9 Å². The highest BCUT2D eigenvalue weighted by Gasteiger charge is 2.54. The van der Waals surface area contributed by atoms with E-state index in [4.69, 9.17) is 4.74 Å². The molecule has 6 nitrogen and oxygen atoms in total. The van der Waals surface area contributed by atoms with E-state index in [9.17, 15) is 9.59 Å². The van der Waals surface area contributed by atoms with E-state index in [2.05, 4.69) is 22.0 Å². The molecule has 0 fully saturated rings. The molecule has 1 aliphatic heterocycles. The van der Waals surface area contributed by atoms with Gasteiger partial charge in [0.05, 0.1) is 0 Å². The molecule has 1 N–H and O–H groups in total. The lowest BCUT2D eigenvalue weighted by molar-refractivity contribution is -0.122. The van der Waals surface area contributed by atoms with Gasteiger partial charge in [-0.15, -0.1) is 0 Å². The topological polar surface area (TPSA) is 63.6 Å². The van der Waals surface area contributed by atoms with Crippen LogP contribution in [0.25, 0.3) is 10.9 Å². The van der Waals surface area contributed by atoms with Crippen molar-refractivity contribution in [1.82, 2.24) is 9.88 Å². The molecule has 2 amide bonds. The van der Waals surface area contributed by atoms with Gasteiger partial charge in [0.25, 0.3) is 5.91 Å². The Morgan fingerprint density at radius 1 is 0.914 bits per heavy atom. The molecule has 0 aliphatic carbocycles. The highest BCUT2D eigenvalue weighted by atomic mass is 16.6. The van der Waals surface area contributed by atoms with Gasteiger partial charge < -0.3 is 14.2 Å². The summed E-state index contributed by atoms with van der Waals surface area (Å²) in [4.78, 5) is 28.8. The van der Waals surface area contributed by atoms with Crippen LogP contribution in [0.1, 0.15) is 37.5 Å². The fourth-order valence-electron chi connectivity index (χ4n) is 4.92. The molecule has 5 rings (SSSR count). The van der Waals surface area contributed by atoms with Crippen molar-refractivity contribution in [3.05, 3.63) is 102 Å². The second kappa shape index (κ2) is 8.31. The molecular formula is C29H29N3O3. The van der Waals surface area contributed by atoms with Crippen LogP contribution in [0, 0.1) is 0 Å². The third kappa shape index (κ3) is 3.85. The molecule has 178 valence electrons. The van der Waals surface area contributed by atoms with Crippen molar-refractivity contribution in [3.63, 3.8) is 0 Å². The predicted molar refractivity (Wildman–Crippen MR) is 137 cm³/mol. The Bertz CT molecular complexity index is 1420. The van der Waals surface area contributed by atoms with Gasteiger partial charge in [0.2, 0.25) is 0 Å². The lowest BCUT2D eigenvalue weighted by Gasteiger charge is -2.31. The number of hydrogen-bond acceptors (Lipinski definition) is 3. The van der Waals surface area contributed by atoms with Crippen LogP contribution < -0.4 is 10.2 Å². The molecule has 0 unspecified atom stereocenters. The number of hydrogen-bond donors (Lipinski definition) is 1. The summed E-state index contributed by atoms with van der Waals surface area (Å²) < 4.78 is 7.76. The van der Waals surface area contributed by atoms with Crippen LogP contribution in [0.4, 0.5) is 10.5 Å². The number of nitrogens with one attached hydrogen (secondary N) is 1. The van der Waals surface area contributed by atoms with E-state index < -0.39 is 17.2 Å². The molecule has 0 radical (unpaired) electrons. The number of fused-ring (bicyclic) bond motifs is 2. The third-order valence-corrected chi connectivity index (χ3v) is 6.37. The lowest BCUT2D eigenvalue weighted by atomic mass is 9.83. The van der Waals surface area contributed by atoms with Gasteiger partial charge in [-0.1, -0.05) is 66.7 Å². The van der Waals surface area contributed by atoms with Crippen molar-refractivity contribution in [2.24, 2.45) is 0 Å². The number of nitrogens with zero attached hydrogens (tertiary/aromatic N) is 2. The number of alkyl carbamates (subject to hydrolysis) is 1. The number of ether oxygens (including phenoxy) is 1. The fraction of sp³-hybridized carbons (Fsp3) is 0.241. The Hall–Kier alpha value is -4.06. The average molecular weight is 468 g/mol. The van der Waals surface area contributed by atoms with Crippen molar-refractivity contribution in [3.8, 4) is 0 Å². The van der Waals surface area contributed by atoms with Crippen LogP contribution in [0.15, 0.2) is 85.1 Å². The van der Waals surface area contributed by atoms with Crippen molar-refractivity contribution in [2.75, 3.05) is 11.9 Å². The molecule has 0 saturated heterocycles. The highest BCUT2D eigenvalue weighted by Crippen LogP contribution is 2.46. The maximum atomic E-state index is 14.0. The maximum Gasteiger partial charge on any atom is 0.409 e. The van der Waals surface area contributed by atoms with Crippen LogP contribution in [0.5, 0.6) is 0 Å². The summed E-state index contributed by atoms with van der Waals surface area (Å²) >= 11 is 0. The molecule has 0 bridgehead atoms. The number of carbonyl (C=O) groups is 2. The van der Waals surface area contributed by atoms with Gasteiger partial charge in [0.15, 0.2) is 5.54 Å². The first-order valence-corrected chi connectivity index (χ1v) is 11.7. The van der Waals surface area contributed by atoms with Gasteiger partial charge >= 0.3 is 6.09 Å². The van der Waals surface area contributed by atoms with Gasteiger partial charge in [-0.25, -0.2) is 4.79 Å². The predicted octanol–water partition coefficient (Wildman–Crippen LogP) is 5.43. The Morgan fingerprint density at radius 3 is 2.31 bits per heavy atom. The van der Waals surface area contributed by atoms with Gasteiger partial charge in [-0.05, 0) is 38.5 Å². The molecule has 0 saturated carbocycles. The summed E-state index contributed by atoms with van der Waals surface area (Å²) in [5.41, 5.74) is 2.20. The van der Waals surface area contributed by atoms with Crippen molar-refractivity contribution in [2.45, 2.75) is 38.5 Å². The molecule has 3 aromatic carbocycles. The average Bonchev–Trinajstić information content (AvgIpc) is 3.29. The number of amides is 2. The van der Waals surface area contributed by atoms with E-state index in [0.29, 0.717) is 6.54 Å². The second-order valence-corrected chi connectivity index (χ2v) is 9.93.